The molecule has 0 aliphatic carbocycles. The largest absolute Gasteiger partial charge is 0.496 e. The minimum Gasteiger partial charge on any atom is -0.496 e. The SMILES string of the molecule is COc1c[c]c(Cl)cc1CCOCc1ccccc1. The lowest BCUT2D eigenvalue weighted by atomic mass is 10.1. The van der Waals surface area contributed by atoms with Crippen LogP contribution in [0.25, 0.3) is 0 Å². The second-order valence-corrected chi connectivity index (χ2v) is 4.57. The topological polar surface area (TPSA) is 18.5 Å². The predicted molar refractivity (Wildman–Crippen MR) is 76.6 cm³/mol. The summed E-state index contributed by atoms with van der Waals surface area (Å²) in [7, 11) is 1.64. The van der Waals surface area contributed by atoms with Crippen molar-refractivity contribution in [2.24, 2.45) is 0 Å². The van der Waals surface area contributed by atoms with Crippen molar-refractivity contribution < 1.29 is 9.47 Å². The molecule has 99 valence electrons. The van der Waals surface area contributed by atoms with Gasteiger partial charge in [-0.15, -0.1) is 0 Å². The van der Waals surface area contributed by atoms with Gasteiger partial charge < -0.3 is 9.47 Å². The second-order valence-electron chi connectivity index (χ2n) is 4.16. The fourth-order valence-corrected chi connectivity index (χ4v) is 2.01. The Morgan fingerprint density at radius 1 is 1.21 bits per heavy atom. The van der Waals surface area contributed by atoms with Gasteiger partial charge in [0, 0.05) is 11.1 Å². The highest BCUT2D eigenvalue weighted by Crippen LogP contribution is 2.22. The van der Waals surface area contributed by atoms with Gasteiger partial charge in [-0.1, -0.05) is 41.9 Å². The van der Waals surface area contributed by atoms with E-state index in [9.17, 15) is 0 Å². The Hall–Kier alpha value is -1.51. The highest BCUT2D eigenvalue weighted by Gasteiger charge is 2.04. The van der Waals surface area contributed by atoms with Crippen LogP contribution in [0.3, 0.4) is 0 Å². The Kier molecular flexibility index (Phi) is 5.25. The average molecular weight is 276 g/mol. The van der Waals surface area contributed by atoms with Crippen LogP contribution in [0.5, 0.6) is 5.75 Å². The minimum absolute atomic E-state index is 0.596. The molecule has 0 atom stereocenters. The first-order chi connectivity index (χ1) is 9.29. The summed E-state index contributed by atoms with van der Waals surface area (Å²) in [4.78, 5) is 0. The molecule has 3 heteroatoms. The molecule has 2 aromatic carbocycles. The van der Waals surface area contributed by atoms with Crippen molar-refractivity contribution in [3.8, 4) is 5.75 Å². The van der Waals surface area contributed by atoms with Crippen molar-refractivity contribution in [3.05, 3.63) is 64.7 Å². The lowest BCUT2D eigenvalue weighted by molar-refractivity contribution is 0.123. The quantitative estimate of drug-likeness (QED) is 0.744. The average Bonchev–Trinajstić information content (AvgIpc) is 2.45. The van der Waals surface area contributed by atoms with Crippen molar-refractivity contribution in [1.82, 2.24) is 0 Å². The summed E-state index contributed by atoms with van der Waals surface area (Å²) < 4.78 is 10.9. The Balaban J connectivity index is 1.84. The zero-order valence-electron chi connectivity index (χ0n) is 10.9. The highest BCUT2D eigenvalue weighted by molar-refractivity contribution is 6.30. The van der Waals surface area contributed by atoms with Crippen LogP contribution in [0.2, 0.25) is 5.02 Å². The van der Waals surface area contributed by atoms with E-state index in [0.29, 0.717) is 18.2 Å². The van der Waals surface area contributed by atoms with E-state index >= 15 is 0 Å². The third-order valence-corrected chi connectivity index (χ3v) is 3.02. The summed E-state index contributed by atoms with van der Waals surface area (Å²) >= 11 is 5.93. The third-order valence-electron chi connectivity index (χ3n) is 2.81. The molecule has 0 N–H and O–H groups in total. The van der Waals surface area contributed by atoms with Gasteiger partial charge in [0.15, 0.2) is 0 Å². The van der Waals surface area contributed by atoms with Crippen LogP contribution in [-0.2, 0) is 17.8 Å². The van der Waals surface area contributed by atoms with Gasteiger partial charge >= 0.3 is 0 Å². The normalized spacial score (nSPS) is 10.4. The number of halogens is 1. The van der Waals surface area contributed by atoms with Crippen LogP contribution in [0.1, 0.15) is 11.1 Å². The summed E-state index contributed by atoms with van der Waals surface area (Å²) in [6, 6.07) is 16.6. The first-order valence-corrected chi connectivity index (χ1v) is 6.53. The van der Waals surface area contributed by atoms with Crippen LogP contribution in [0.15, 0.2) is 42.5 Å². The van der Waals surface area contributed by atoms with E-state index in [-0.39, 0.29) is 0 Å². The van der Waals surface area contributed by atoms with E-state index in [4.69, 9.17) is 21.1 Å². The van der Waals surface area contributed by atoms with E-state index in [2.05, 4.69) is 18.2 Å². The molecule has 0 spiro atoms. The first-order valence-electron chi connectivity index (χ1n) is 6.15. The molecule has 0 heterocycles. The number of rotatable bonds is 6. The van der Waals surface area contributed by atoms with Gasteiger partial charge in [0.25, 0.3) is 0 Å². The maximum absolute atomic E-state index is 5.93. The van der Waals surface area contributed by atoms with Crippen molar-refractivity contribution in [2.75, 3.05) is 13.7 Å². The monoisotopic (exact) mass is 275 g/mol. The number of hydrogen-bond donors (Lipinski definition) is 0. The van der Waals surface area contributed by atoms with E-state index in [1.807, 2.05) is 24.3 Å². The third kappa shape index (κ3) is 4.27. The van der Waals surface area contributed by atoms with Crippen molar-refractivity contribution in [2.45, 2.75) is 13.0 Å². The zero-order chi connectivity index (χ0) is 13.5. The van der Waals surface area contributed by atoms with Gasteiger partial charge in [-0.25, -0.2) is 0 Å². The summed E-state index contributed by atoms with van der Waals surface area (Å²) in [5.74, 6) is 0.799. The molecular weight excluding hydrogens is 260 g/mol. The van der Waals surface area contributed by atoms with Gasteiger partial charge in [-0.3, -0.25) is 0 Å². The minimum atomic E-state index is 0.596. The van der Waals surface area contributed by atoms with Gasteiger partial charge in [0.2, 0.25) is 0 Å². The van der Waals surface area contributed by atoms with Crippen LogP contribution >= 0.6 is 11.6 Å². The Morgan fingerprint density at radius 2 is 2.00 bits per heavy atom. The predicted octanol–water partition coefficient (Wildman–Crippen LogP) is 3.91. The van der Waals surface area contributed by atoms with Gasteiger partial charge in [-0.05, 0) is 29.7 Å². The maximum atomic E-state index is 5.93. The molecule has 0 aliphatic heterocycles. The summed E-state index contributed by atoms with van der Waals surface area (Å²) in [5, 5.41) is 0.596. The number of ether oxygens (including phenoxy) is 2. The van der Waals surface area contributed by atoms with E-state index < -0.39 is 0 Å². The Bertz CT molecular complexity index is 511. The molecular formula is C16H16ClO2. The molecule has 0 fully saturated rings. The first kappa shape index (κ1) is 13.9. The number of benzene rings is 2. The molecule has 0 aromatic heterocycles. The molecule has 19 heavy (non-hydrogen) atoms. The van der Waals surface area contributed by atoms with Gasteiger partial charge in [0.1, 0.15) is 5.75 Å². The van der Waals surface area contributed by atoms with Crippen molar-refractivity contribution >= 4 is 11.6 Å². The molecule has 0 bridgehead atoms. The summed E-state index contributed by atoms with van der Waals surface area (Å²) in [5.41, 5.74) is 2.22. The maximum Gasteiger partial charge on any atom is 0.122 e. The molecule has 0 unspecified atom stereocenters. The van der Waals surface area contributed by atoms with Gasteiger partial charge in [0.05, 0.1) is 20.3 Å². The fourth-order valence-electron chi connectivity index (χ4n) is 1.82. The van der Waals surface area contributed by atoms with Crippen LogP contribution < -0.4 is 4.74 Å². The molecule has 0 saturated heterocycles. The molecule has 0 saturated carbocycles. The molecule has 1 radical (unpaired) electrons. The van der Waals surface area contributed by atoms with Crippen LogP contribution in [-0.4, -0.2) is 13.7 Å². The van der Waals surface area contributed by atoms with E-state index in [1.165, 1.54) is 5.56 Å². The molecule has 2 rings (SSSR count). The van der Waals surface area contributed by atoms with Gasteiger partial charge in [-0.2, -0.15) is 0 Å². The van der Waals surface area contributed by atoms with Crippen LogP contribution in [0, 0.1) is 6.07 Å². The standard InChI is InChI=1S/C16H16ClO2/c1-18-16-8-7-15(17)11-14(16)9-10-19-12-13-5-3-2-4-6-13/h2-6,8,11H,9-10,12H2,1H3. The highest BCUT2D eigenvalue weighted by atomic mass is 35.5. The summed E-state index contributed by atoms with van der Waals surface area (Å²) in [6.45, 7) is 1.25. The number of hydrogen-bond acceptors (Lipinski definition) is 2. The molecule has 2 aromatic rings. The Morgan fingerprint density at radius 3 is 2.74 bits per heavy atom. The van der Waals surface area contributed by atoms with Crippen LogP contribution in [0.4, 0.5) is 0 Å². The molecule has 0 aliphatic rings. The molecule has 0 amide bonds. The lowest BCUT2D eigenvalue weighted by Crippen LogP contribution is -2.01. The smallest absolute Gasteiger partial charge is 0.122 e. The summed E-state index contributed by atoms with van der Waals surface area (Å²) in [6.07, 6.45) is 0.768. The van der Waals surface area contributed by atoms with E-state index in [1.54, 1.807) is 13.2 Å². The number of methoxy groups -OCH3 is 1. The second kappa shape index (κ2) is 7.17. The lowest BCUT2D eigenvalue weighted by Gasteiger charge is -2.09. The van der Waals surface area contributed by atoms with Crippen molar-refractivity contribution in [3.63, 3.8) is 0 Å². The Labute approximate surface area is 118 Å². The molecule has 2 nitrogen and oxygen atoms in total. The van der Waals surface area contributed by atoms with E-state index in [0.717, 1.165) is 17.7 Å². The van der Waals surface area contributed by atoms with Crippen molar-refractivity contribution in [1.29, 1.82) is 0 Å². The zero-order valence-corrected chi connectivity index (χ0v) is 11.6. The fraction of sp³-hybridized carbons (Fsp3) is 0.250.